The standard InChI is InChI=1S/C23H30ClN5S/c1-17-13-28(7-8-29(17)22-25-11-21(30-2)12-26-22)20-9-23(10-20)15-27(16-23)14-18-3-5-19(24)6-4-18/h3-6,11-12,17,20H,7-10,13-16H2,1-2H3. The topological polar surface area (TPSA) is 35.5 Å². The second-order valence-electron chi connectivity index (χ2n) is 9.29. The summed E-state index contributed by atoms with van der Waals surface area (Å²) in [4.78, 5) is 17.9. The molecule has 1 atom stereocenters. The van der Waals surface area contributed by atoms with Crippen molar-refractivity contribution < 1.29 is 0 Å². The average molecular weight is 444 g/mol. The smallest absolute Gasteiger partial charge is 0.225 e. The number of likely N-dealkylation sites (tertiary alicyclic amines) is 1. The highest BCUT2D eigenvalue weighted by Crippen LogP contribution is 2.50. The lowest BCUT2D eigenvalue weighted by atomic mass is 9.60. The third-order valence-electron chi connectivity index (χ3n) is 7.06. The van der Waals surface area contributed by atoms with Crippen LogP contribution in [0.3, 0.4) is 0 Å². The van der Waals surface area contributed by atoms with Gasteiger partial charge in [0.1, 0.15) is 0 Å². The predicted molar refractivity (Wildman–Crippen MR) is 124 cm³/mol. The summed E-state index contributed by atoms with van der Waals surface area (Å²) in [7, 11) is 0. The van der Waals surface area contributed by atoms with Gasteiger partial charge >= 0.3 is 0 Å². The Bertz CT molecular complexity index is 860. The van der Waals surface area contributed by atoms with Gasteiger partial charge in [0.2, 0.25) is 5.95 Å². The molecule has 3 heterocycles. The molecule has 0 bridgehead atoms. The maximum Gasteiger partial charge on any atom is 0.225 e. The van der Waals surface area contributed by atoms with E-state index < -0.39 is 0 Å². The maximum absolute atomic E-state index is 6.00. The lowest BCUT2D eigenvalue weighted by Gasteiger charge is -2.62. The SMILES string of the molecule is CSc1cnc(N2CCN(C3CC4(C3)CN(Cc3ccc(Cl)cc3)C4)CC2C)nc1. The first-order valence-electron chi connectivity index (χ1n) is 10.9. The maximum atomic E-state index is 6.00. The van der Waals surface area contributed by atoms with Crippen molar-refractivity contribution in [2.24, 2.45) is 5.41 Å². The van der Waals surface area contributed by atoms with Gasteiger partial charge in [-0.2, -0.15) is 0 Å². The van der Waals surface area contributed by atoms with Crippen molar-refractivity contribution in [1.29, 1.82) is 0 Å². The highest BCUT2D eigenvalue weighted by atomic mass is 35.5. The Kier molecular flexibility index (Phi) is 5.69. The zero-order chi connectivity index (χ0) is 20.7. The molecule has 1 aromatic carbocycles. The summed E-state index contributed by atoms with van der Waals surface area (Å²) in [6.45, 7) is 9.11. The molecule has 1 spiro atoms. The zero-order valence-electron chi connectivity index (χ0n) is 17.8. The quantitative estimate of drug-likeness (QED) is 0.649. The molecule has 1 saturated carbocycles. The van der Waals surface area contributed by atoms with Crippen LogP contribution in [0.1, 0.15) is 25.3 Å². The predicted octanol–water partition coefficient (Wildman–Crippen LogP) is 4.03. The van der Waals surface area contributed by atoms with E-state index in [2.05, 4.69) is 50.0 Å². The molecule has 0 amide bonds. The van der Waals surface area contributed by atoms with Crippen LogP contribution in [0, 0.1) is 5.41 Å². The Morgan fingerprint density at radius 2 is 1.80 bits per heavy atom. The van der Waals surface area contributed by atoms with Gasteiger partial charge in [0, 0.05) is 73.7 Å². The highest BCUT2D eigenvalue weighted by Gasteiger charge is 2.53. The fourth-order valence-corrected chi connectivity index (χ4v) is 5.94. The molecule has 2 aliphatic heterocycles. The number of aromatic nitrogens is 2. The summed E-state index contributed by atoms with van der Waals surface area (Å²) in [5.41, 5.74) is 1.94. The minimum atomic E-state index is 0.457. The molecule has 7 heteroatoms. The molecule has 0 N–H and O–H groups in total. The van der Waals surface area contributed by atoms with Crippen LogP contribution in [-0.4, -0.2) is 70.8 Å². The second kappa shape index (κ2) is 8.30. The first kappa shape index (κ1) is 20.6. The van der Waals surface area contributed by atoms with E-state index in [-0.39, 0.29) is 0 Å². The van der Waals surface area contributed by atoms with E-state index in [1.165, 1.54) is 31.5 Å². The number of nitrogens with zero attached hydrogens (tertiary/aromatic N) is 5. The van der Waals surface area contributed by atoms with Gasteiger partial charge in [-0.15, -0.1) is 11.8 Å². The molecule has 3 fully saturated rings. The van der Waals surface area contributed by atoms with Crippen LogP contribution in [0.5, 0.6) is 0 Å². The van der Waals surface area contributed by atoms with E-state index in [9.17, 15) is 0 Å². The molecule has 0 radical (unpaired) electrons. The van der Waals surface area contributed by atoms with E-state index in [4.69, 9.17) is 11.6 Å². The summed E-state index contributed by atoms with van der Waals surface area (Å²) in [5.74, 6) is 0.877. The van der Waals surface area contributed by atoms with Crippen molar-refractivity contribution >= 4 is 29.3 Å². The van der Waals surface area contributed by atoms with Crippen LogP contribution >= 0.6 is 23.4 Å². The van der Waals surface area contributed by atoms with Crippen LogP contribution < -0.4 is 4.90 Å². The van der Waals surface area contributed by atoms with Gasteiger partial charge in [-0.3, -0.25) is 9.80 Å². The molecule has 2 aromatic rings. The van der Waals surface area contributed by atoms with E-state index in [0.717, 1.165) is 48.1 Å². The van der Waals surface area contributed by atoms with Crippen LogP contribution in [0.15, 0.2) is 41.6 Å². The number of hydrogen-bond donors (Lipinski definition) is 0. The molecule has 5 nitrogen and oxygen atoms in total. The average Bonchev–Trinajstić information content (AvgIpc) is 2.70. The Morgan fingerprint density at radius 1 is 1.10 bits per heavy atom. The lowest BCUT2D eigenvalue weighted by Crippen LogP contribution is -2.68. The number of anilines is 1. The molecule has 1 unspecified atom stereocenters. The van der Waals surface area contributed by atoms with Gasteiger partial charge < -0.3 is 4.90 Å². The zero-order valence-corrected chi connectivity index (χ0v) is 19.4. The summed E-state index contributed by atoms with van der Waals surface area (Å²) in [6, 6.07) is 9.50. The minimum absolute atomic E-state index is 0.457. The van der Waals surface area contributed by atoms with Crippen molar-refractivity contribution in [1.82, 2.24) is 19.8 Å². The highest BCUT2D eigenvalue weighted by molar-refractivity contribution is 7.98. The molecule has 1 aromatic heterocycles. The third kappa shape index (κ3) is 4.07. The van der Waals surface area contributed by atoms with Gasteiger partial charge in [-0.05, 0) is 49.1 Å². The van der Waals surface area contributed by atoms with Crippen molar-refractivity contribution in [2.75, 3.05) is 43.9 Å². The van der Waals surface area contributed by atoms with E-state index in [0.29, 0.717) is 11.5 Å². The Hall–Kier alpha value is -1.34. The van der Waals surface area contributed by atoms with Gasteiger partial charge in [-0.1, -0.05) is 23.7 Å². The lowest BCUT2D eigenvalue weighted by molar-refractivity contribution is -0.114. The fraction of sp³-hybridized carbons (Fsp3) is 0.565. The molecular weight excluding hydrogens is 414 g/mol. The van der Waals surface area contributed by atoms with Crippen LogP contribution in [0.25, 0.3) is 0 Å². The summed E-state index contributed by atoms with van der Waals surface area (Å²) in [5, 5.41) is 0.818. The Morgan fingerprint density at radius 3 is 2.43 bits per heavy atom. The Labute approximate surface area is 188 Å². The van der Waals surface area contributed by atoms with E-state index in [1.807, 2.05) is 24.5 Å². The molecule has 3 aliphatic rings. The van der Waals surface area contributed by atoms with Gasteiger partial charge in [0.05, 0.1) is 0 Å². The number of halogens is 1. The first-order valence-corrected chi connectivity index (χ1v) is 12.5. The normalized spacial score (nSPS) is 24.6. The number of hydrogen-bond acceptors (Lipinski definition) is 6. The molecule has 5 rings (SSSR count). The summed E-state index contributed by atoms with van der Waals surface area (Å²) in [6.07, 6.45) is 8.65. The van der Waals surface area contributed by atoms with Crippen molar-refractivity contribution in [2.45, 2.75) is 43.3 Å². The van der Waals surface area contributed by atoms with Crippen molar-refractivity contribution in [3.8, 4) is 0 Å². The second-order valence-corrected chi connectivity index (χ2v) is 10.6. The first-order chi connectivity index (χ1) is 14.5. The van der Waals surface area contributed by atoms with E-state index in [1.54, 1.807) is 11.8 Å². The fourth-order valence-electron chi connectivity index (χ4n) is 5.50. The van der Waals surface area contributed by atoms with Crippen molar-refractivity contribution in [3.63, 3.8) is 0 Å². The van der Waals surface area contributed by atoms with Gasteiger partial charge in [0.25, 0.3) is 0 Å². The Balaban J connectivity index is 1.09. The van der Waals surface area contributed by atoms with Crippen LogP contribution in [0.4, 0.5) is 5.95 Å². The van der Waals surface area contributed by atoms with E-state index >= 15 is 0 Å². The number of thioether (sulfide) groups is 1. The number of benzene rings is 1. The molecule has 160 valence electrons. The largest absolute Gasteiger partial charge is 0.336 e. The number of piperazine rings is 1. The monoisotopic (exact) mass is 443 g/mol. The molecular formula is C23H30ClN5S. The third-order valence-corrected chi connectivity index (χ3v) is 7.99. The molecule has 30 heavy (non-hydrogen) atoms. The van der Waals surface area contributed by atoms with Gasteiger partial charge in [-0.25, -0.2) is 9.97 Å². The molecule has 2 saturated heterocycles. The molecule has 1 aliphatic carbocycles. The van der Waals surface area contributed by atoms with Gasteiger partial charge in [0.15, 0.2) is 0 Å². The van der Waals surface area contributed by atoms with Crippen LogP contribution in [-0.2, 0) is 6.54 Å². The minimum Gasteiger partial charge on any atom is -0.336 e. The summed E-state index contributed by atoms with van der Waals surface area (Å²) < 4.78 is 0. The van der Waals surface area contributed by atoms with Crippen molar-refractivity contribution in [3.05, 3.63) is 47.2 Å². The summed E-state index contributed by atoms with van der Waals surface area (Å²) >= 11 is 7.69. The number of rotatable bonds is 5. The van der Waals surface area contributed by atoms with Crippen LogP contribution in [0.2, 0.25) is 5.02 Å².